The van der Waals surface area contributed by atoms with Gasteiger partial charge in [0.15, 0.2) is 0 Å². The molecule has 0 saturated carbocycles. The number of methoxy groups -OCH3 is 1. The van der Waals surface area contributed by atoms with Crippen LogP contribution in [-0.4, -0.2) is 49.8 Å². The van der Waals surface area contributed by atoms with Crippen LogP contribution < -0.4 is 5.73 Å². The lowest BCUT2D eigenvalue weighted by Crippen LogP contribution is -2.49. The normalized spacial score (nSPS) is 28.6. The molecule has 0 radical (unpaired) electrons. The van der Waals surface area contributed by atoms with E-state index in [-0.39, 0.29) is 30.5 Å². The summed E-state index contributed by atoms with van der Waals surface area (Å²) in [5.41, 5.74) is 7.23. The Morgan fingerprint density at radius 3 is 2.60 bits per heavy atom. The van der Waals surface area contributed by atoms with Gasteiger partial charge in [-0.1, -0.05) is 24.3 Å². The molecule has 1 amide bonds. The van der Waals surface area contributed by atoms with Crippen molar-refractivity contribution in [2.24, 2.45) is 11.7 Å². The van der Waals surface area contributed by atoms with Crippen molar-refractivity contribution in [2.75, 3.05) is 20.8 Å². The van der Waals surface area contributed by atoms with E-state index in [2.05, 4.69) is 24.1 Å². The van der Waals surface area contributed by atoms with E-state index in [4.69, 9.17) is 15.2 Å². The van der Waals surface area contributed by atoms with Gasteiger partial charge in [-0.25, -0.2) is 4.79 Å². The first-order valence-electron chi connectivity index (χ1n) is 8.82. The Bertz CT molecular complexity index is 631. The van der Waals surface area contributed by atoms with Gasteiger partial charge in [-0.05, 0) is 37.4 Å². The van der Waals surface area contributed by atoms with Crippen LogP contribution in [0.4, 0.5) is 4.79 Å². The summed E-state index contributed by atoms with van der Waals surface area (Å²) in [6.07, 6.45) is 3.06. The number of amides is 1. The molecule has 2 saturated heterocycles. The van der Waals surface area contributed by atoms with Gasteiger partial charge in [0, 0.05) is 24.4 Å². The van der Waals surface area contributed by atoms with Crippen LogP contribution in [0, 0.1) is 5.92 Å². The Kier molecular flexibility index (Phi) is 5.27. The van der Waals surface area contributed by atoms with Gasteiger partial charge in [-0.15, -0.1) is 0 Å². The zero-order valence-electron chi connectivity index (χ0n) is 14.8. The predicted molar refractivity (Wildman–Crippen MR) is 93.1 cm³/mol. The molecule has 2 bridgehead atoms. The van der Waals surface area contributed by atoms with E-state index < -0.39 is 6.09 Å². The highest BCUT2D eigenvalue weighted by atomic mass is 16.5. The molecule has 136 valence electrons. The summed E-state index contributed by atoms with van der Waals surface area (Å²) in [5.74, 6) is -0.0315. The van der Waals surface area contributed by atoms with Crippen LogP contribution >= 0.6 is 0 Å². The van der Waals surface area contributed by atoms with Gasteiger partial charge < -0.3 is 15.2 Å². The molecular weight excluding hydrogens is 320 g/mol. The average Bonchev–Trinajstić information content (AvgIpc) is 2.83. The van der Waals surface area contributed by atoms with Crippen LogP contribution in [0.25, 0.3) is 0 Å². The van der Waals surface area contributed by atoms with E-state index in [0.717, 1.165) is 24.8 Å². The highest BCUT2D eigenvalue weighted by Crippen LogP contribution is 2.46. The smallest absolute Gasteiger partial charge is 0.404 e. The summed E-state index contributed by atoms with van der Waals surface area (Å²) in [5, 5.41) is 0. The SMILES string of the molecule is COC(=O)[C@H]1[C@@H](c2ccc(CCOC(N)=O)cc2)C[C@@H]2CC[C@H]1N2C. The van der Waals surface area contributed by atoms with Crippen molar-refractivity contribution in [1.82, 2.24) is 4.90 Å². The second-order valence-corrected chi connectivity index (χ2v) is 7.01. The van der Waals surface area contributed by atoms with Gasteiger partial charge in [0.05, 0.1) is 19.6 Å². The molecule has 3 rings (SSSR count). The lowest BCUT2D eigenvalue weighted by molar-refractivity contribution is -0.150. The highest BCUT2D eigenvalue weighted by Gasteiger charge is 2.49. The zero-order chi connectivity index (χ0) is 18.0. The second kappa shape index (κ2) is 7.44. The van der Waals surface area contributed by atoms with Crippen molar-refractivity contribution in [3.63, 3.8) is 0 Å². The van der Waals surface area contributed by atoms with Crippen molar-refractivity contribution in [1.29, 1.82) is 0 Å². The first kappa shape index (κ1) is 17.7. The fourth-order valence-electron chi connectivity index (χ4n) is 4.47. The van der Waals surface area contributed by atoms with Crippen molar-refractivity contribution in [3.05, 3.63) is 35.4 Å². The largest absolute Gasteiger partial charge is 0.469 e. The quantitative estimate of drug-likeness (QED) is 0.825. The molecule has 4 atom stereocenters. The summed E-state index contributed by atoms with van der Waals surface area (Å²) in [7, 11) is 3.60. The maximum atomic E-state index is 12.4. The molecule has 0 unspecified atom stereocenters. The summed E-state index contributed by atoms with van der Waals surface area (Å²) in [6, 6.07) is 9.05. The summed E-state index contributed by atoms with van der Waals surface area (Å²) in [6.45, 7) is 0.276. The van der Waals surface area contributed by atoms with E-state index in [1.54, 1.807) is 0 Å². The number of esters is 1. The van der Waals surface area contributed by atoms with Crippen molar-refractivity contribution < 1.29 is 19.1 Å². The van der Waals surface area contributed by atoms with Gasteiger partial charge >= 0.3 is 12.1 Å². The number of piperidine rings is 1. The molecule has 0 aliphatic carbocycles. The van der Waals surface area contributed by atoms with E-state index in [9.17, 15) is 9.59 Å². The van der Waals surface area contributed by atoms with Crippen LogP contribution in [0.3, 0.4) is 0 Å². The second-order valence-electron chi connectivity index (χ2n) is 7.01. The third-order valence-electron chi connectivity index (χ3n) is 5.79. The van der Waals surface area contributed by atoms with Crippen LogP contribution in [0.15, 0.2) is 24.3 Å². The number of ether oxygens (including phenoxy) is 2. The number of hydrogen-bond donors (Lipinski definition) is 1. The molecule has 2 heterocycles. The van der Waals surface area contributed by atoms with Crippen LogP contribution in [0.1, 0.15) is 36.3 Å². The summed E-state index contributed by atoms with van der Waals surface area (Å²) >= 11 is 0. The summed E-state index contributed by atoms with van der Waals surface area (Å²) < 4.78 is 9.89. The maximum absolute atomic E-state index is 12.4. The first-order valence-corrected chi connectivity index (χ1v) is 8.82. The van der Waals surface area contributed by atoms with E-state index in [0.29, 0.717) is 12.5 Å². The minimum atomic E-state index is -0.751. The molecule has 2 fully saturated rings. The molecule has 0 aromatic heterocycles. The lowest BCUT2D eigenvalue weighted by atomic mass is 9.76. The average molecular weight is 346 g/mol. The standard InChI is InChI=1S/C19H26N2O4/c1-21-14-7-8-16(21)17(18(22)24-2)15(11-14)13-5-3-12(4-6-13)9-10-25-19(20)23/h3-6,14-17H,7-11H2,1-2H3,(H2,20,23)/t14-,15+,16+,17-/m0/s1. The fourth-order valence-corrected chi connectivity index (χ4v) is 4.47. The van der Waals surface area contributed by atoms with E-state index >= 15 is 0 Å². The zero-order valence-corrected chi connectivity index (χ0v) is 14.8. The minimum Gasteiger partial charge on any atom is -0.469 e. The van der Waals surface area contributed by atoms with Gasteiger partial charge in [0.2, 0.25) is 0 Å². The Labute approximate surface area is 148 Å². The molecule has 25 heavy (non-hydrogen) atoms. The lowest BCUT2D eigenvalue weighted by Gasteiger charge is -2.41. The number of benzene rings is 1. The molecule has 6 nitrogen and oxygen atoms in total. The van der Waals surface area contributed by atoms with Crippen LogP contribution in [0.5, 0.6) is 0 Å². The Balaban J connectivity index is 1.75. The number of fused-ring (bicyclic) bond motifs is 2. The van der Waals surface area contributed by atoms with E-state index in [1.807, 2.05) is 12.1 Å². The van der Waals surface area contributed by atoms with Crippen molar-refractivity contribution >= 4 is 12.1 Å². The maximum Gasteiger partial charge on any atom is 0.404 e. The Hall–Kier alpha value is -2.08. The summed E-state index contributed by atoms with van der Waals surface area (Å²) in [4.78, 5) is 25.4. The number of nitrogens with two attached hydrogens (primary N) is 1. The van der Waals surface area contributed by atoms with Crippen molar-refractivity contribution in [2.45, 2.75) is 43.7 Å². The Morgan fingerprint density at radius 2 is 1.96 bits per heavy atom. The third-order valence-corrected chi connectivity index (χ3v) is 5.79. The number of hydrogen-bond acceptors (Lipinski definition) is 5. The monoisotopic (exact) mass is 346 g/mol. The number of primary amides is 1. The highest BCUT2D eigenvalue weighted by molar-refractivity contribution is 5.75. The van der Waals surface area contributed by atoms with Crippen LogP contribution in [-0.2, 0) is 20.7 Å². The number of carbonyl (C=O) groups excluding carboxylic acids is 2. The van der Waals surface area contributed by atoms with E-state index in [1.165, 1.54) is 12.7 Å². The molecule has 1 aromatic carbocycles. The molecule has 0 spiro atoms. The fraction of sp³-hybridized carbons (Fsp3) is 0.579. The Morgan fingerprint density at radius 1 is 1.24 bits per heavy atom. The molecule has 2 aliphatic rings. The van der Waals surface area contributed by atoms with Crippen molar-refractivity contribution in [3.8, 4) is 0 Å². The first-order chi connectivity index (χ1) is 12.0. The molecule has 1 aromatic rings. The van der Waals surface area contributed by atoms with Gasteiger partial charge in [-0.3, -0.25) is 9.69 Å². The molecule has 6 heteroatoms. The molecule has 2 aliphatic heterocycles. The van der Waals surface area contributed by atoms with Gasteiger partial charge in [0.25, 0.3) is 0 Å². The topological polar surface area (TPSA) is 81.9 Å². The number of carbonyl (C=O) groups is 2. The van der Waals surface area contributed by atoms with Gasteiger partial charge in [0.1, 0.15) is 0 Å². The number of nitrogens with zero attached hydrogens (tertiary/aromatic N) is 1. The van der Waals surface area contributed by atoms with Gasteiger partial charge in [-0.2, -0.15) is 0 Å². The number of rotatable bonds is 5. The third kappa shape index (κ3) is 3.63. The molecule has 2 N–H and O–H groups in total. The van der Waals surface area contributed by atoms with Crippen LogP contribution in [0.2, 0.25) is 0 Å². The minimum absolute atomic E-state index is 0.110. The molecular formula is C19H26N2O4. The predicted octanol–water partition coefficient (Wildman–Crippen LogP) is 2.06.